The van der Waals surface area contributed by atoms with E-state index in [4.69, 9.17) is 9.84 Å². The molecule has 19 heavy (non-hydrogen) atoms. The van der Waals surface area contributed by atoms with Crippen molar-refractivity contribution in [1.29, 1.82) is 0 Å². The zero-order valence-electron chi connectivity index (χ0n) is 11.4. The Bertz CT molecular complexity index is 447. The Balaban J connectivity index is 2.02. The summed E-state index contributed by atoms with van der Waals surface area (Å²) in [5, 5.41) is 11.9. The van der Waals surface area contributed by atoms with Crippen molar-refractivity contribution in [2.75, 3.05) is 6.61 Å². The largest absolute Gasteiger partial charge is 0.480 e. The Morgan fingerprint density at radius 3 is 2.84 bits per heavy atom. The van der Waals surface area contributed by atoms with Crippen LogP contribution in [0.2, 0.25) is 0 Å². The van der Waals surface area contributed by atoms with Crippen LogP contribution in [0.25, 0.3) is 0 Å². The number of ether oxygens (including phenoxy) is 1. The molecule has 1 amide bonds. The molecule has 3 unspecified atom stereocenters. The van der Waals surface area contributed by atoms with Gasteiger partial charge in [-0.3, -0.25) is 4.79 Å². The lowest BCUT2D eigenvalue weighted by molar-refractivity contribution is -0.128. The van der Waals surface area contributed by atoms with Gasteiger partial charge in [0.1, 0.15) is 5.75 Å². The first kappa shape index (κ1) is 13.9. The molecule has 1 aliphatic rings. The molecule has 1 aromatic rings. The zero-order chi connectivity index (χ0) is 13.8. The number of hydrogen-bond acceptors (Lipinski definition) is 3. The van der Waals surface area contributed by atoms with Crippen molar-refractivity contribution >= 4 is 5.91 Å². The summed E-state index contributed by atoms with van der Waals surface area (Å²) in [4.78, 5) is 12.3. The van der Waals surface area contributed by atoms with E-state index in [2.05, 4.69) is 5.32 Å². The van der Waals surface area contributed by atoms with Crippen LogP contribution in [0.15, 0.2) is 24.3 Å². The van der Waals surface area contributed by atoms with Crippen LogP contribution in [0, 0.1) is 0 Å². The normalized spacial score (nSPS) is 22.5. The molecule has 0 saturated heterocycles. The van der Waals surface area contributed by atoms with Crippen molar-refractivity contribution in [2.45, 2.75) is 44.8 Å². The van der Waals surface area contributed by atoms with Crippen LogP contribution < -0.4 is 10.1 Å². The first-order valence-electron chi connectivity index (χ1n) is 6.84. The number of nitrogens with one attached hydrogen (secondary N) is 1. The quantitative estimate of drug-likeness (QED) is 0.852. The number of fused-ring (bicyclic) bond motifs is 1. The van der Waals surface area contributed by atoms with Gasteiger partial charge in [-0.15, -0.1) is 0 Å². The maximum Gasteiger partial charge on any atom is 0.261 e. The van der Waals surface area contributed by atoms with Crippen LogP contribution >= 0.6 is 0 Å². The highest BCUT2D eigenvalue weighted by Gasteiger charge is 2.36. The number of rotatable bonds is 5. The van der Waals surface area contributed by atoms with Gasteiger partial charge in [0.2, 0.25) is 0 Å². The first-order valence-corrected chi connectivity index (χ1v) is 6.84. The Hall–Kier alpha value is -1.55. The van der Waals surface area contributed by atoms with Gasteiger partial charge in [0, 0.05) is 24.1 Å². The van der Waals surface area contributed by atoms with Gasteiger partial charge >= 0.3 is 0 Å². The van der Waals surface area contributed by atoms with Crippen molar-refractivity contribution in [2.24, 2.45) is 0 Å². The second-order valence-electron chi connectivity index (χ2n) is 4.99. The number of para-hydroxylation sites is 1. The molecule has 4 heteroatoms. The number of aliphatic hydroxyl groups is 1. The summed E-state index contributed by atoms with van der Waals surface area (Å²) in [6.45, 7) is 4.08. The zero-order valence-corrected chi connectivity index (χ0v) is 11.4. The van der Waals surface area contributed by atoms with E-state index in [9.17, 15) is 4.79 Å². The monoisotopic (exact) mass is 263 g/mol. The summed E-state index contributed by atoms with van der Waals surface area (Å²) in [5.74, 6) is 0.761. The predicted molar refractivity (Wildman–Crippen MR) is 73.2 cm³/mol. The van der Waals surface area contributed by atoms with Crippen LogP contribution in [0.5, 0.6) is 5.75 Å². The molecular formula is C15H21NO3. The Morgan fingerprint density at radius 1 is 1.47 bits per heavy atom. The minimum atomic E-state index is -0.467. The van der Waals surface area contributed by atoms with Crippen molar-refractivity contribution in [3.8, 4) is 5.75 Å². The molecule has 0 bridgehead atoms. The minimum Gasteiger partial charge on any atom is -0.480 e. The van der Waals surface area contributed by atoms with Crippen molar-refractivity contribution in [3.05, 3.63) is 29.8 Å². The SMILES string of the molecule is CCC(CCO)NC(=O)C1Oc2ccccc2C1C. The van der Waals surface area contributed by atoms with Crippen LogP contribution in [0.3, 0.4) is 0 Å². The molecule has 4 nitrogen and oxygen atoms in total. The van der Waals surface area contributed by atoms with Gasteiger partial charge in [0.25, 0.3) is 5.91 Å². The topological polar surface area (TPSA) is 58.6 Å². The Kier molecular flexibility index (Phi) is 4.43. The van der Waals surface area contributed by atoms with E-state index < -0.39 is 6.10 Å². The van der Waals surface area contributed by atoms with Gasteiger partial charge in [0.15, 0.2) is 6.10 Å². The third kappa shape index (κ3) is 2.89. The standard InChI is InChI=1S/C15H21NO3/c1-3-11(8-9-17)16-15(18)14-10(2)12-6-4-5-7-13(12)19-14/h4-7,10-11,14,17H,3,8-9H2,1-2H3,(H,16,18). The summed E-state index contributed by atoms with van der Waals surface area (Å²) in [5.41, 5.74) is 1.08. The summed E-state index contributed by atoms with van der Waals surface area (Å²) >= 11 is 0. The molecule has 1 aromatic carbocycles. The lowest BCUT2D eigenvalue weighted by Gasteiger charge is -2.20. The first-order chi connectivity index (χ1) is 9.17. The van der Waals surface area contributed by atoms with Gasteiger partial charge in [-0.1, -0.05) is 32.0 Å². The molecular weight excluding hydrogens is 242 g/mol. The van der Waals surface area contributed by atoms with E-state index in [0.717, 1.165) is 17.7 Å². The molecule has 3 atom stereocenters. The van der Waals surface area contributed by atoms with E-state index in [1.807, 2.05) is 38.1 Å². The highest BCUT2D eigenvalue weighted by Crippen LogP contribution is 2.37. The number of carbonyl (C=O) groups is 1. The third-order valence-electron chi connectivity index (χ3n) is 3.69. The third-order valence-corrected chi connectivity index (χ3v) is 3.69. The fourth-order valence-corrected chi connectivity index (χ4v) is 2.46. The van der Waals surface area contributed by atoms with Crippen LogP contribution in [0.1, 0.15) is 38.2 Å². The maximum atomic E-state index is 12.3. The molecule has 0 fully saturated rings. The molecule has 0 saturated carbocycles. The number of aliphatic hydroxyl groups excluding tert-OH is 1. The molecule has 0 radical (unpaired) electrons. The molecule has 104 valence electrons. The molecule has 0 spiro atoms. The molecule has 0 aromatic heterocycles. The van der Waals surface area contributed by atoms with Crippen molar-refractivity contribution in [3.63, 3.8) is 0 Å². The van der Waals surface area contributed by atoms with Gasteiger partial charge < -0.3 is 15.2 Å². The highest BCUT2D eigenvalue weighted by atomic mass is 16.5. The number of benzene rings is 1. The highest BCUT2D eigenvalue weighted by molar-refractivity contribution is 5.83. The van der Waals surface area contributed by atoms with Gasteiger partial charge in [-0.2, -0.15) is 0 Å². The lowest BCUT2D eigenvalue weighted by Crippen LogP contribution is -2.44. The molecule has 2 N–H and O–H groups in total. The second kappa shape index (κ2) is 6.06. The van der Waals surface area contributed by atoms with Crippen LogP contribution in [0.4, 0.5) is 0 Å². The Morgan fingerprint density at radius 2 is 2.21 bits per heavy atom. The smallest absolute Gasteiger partial charge is 0.261 e. The summed E-state index contributed by atoms with van der Waals surface area (Å²) in [6, 6.07) is 7.77. The van der Waals surface area contributed by atoms with Crippen LogP contribution in [-0.4, -0.2) is 29.8 Å². The lowest BCUT2D eigenvalue weighted by atomic mass is 9.97. The van der Waals surface area contributed by atoms with E-state index in [0.29, 0.717) is 6.42 Å². The van der Waals surface area contributed by atoms with Crippen molar-refractivity contribution in [1.82, 2.24) is 5.32 Å². The predicted octanol–water partition coefficient (Wildman–Crippen LogP) is 1.83. The molecule has 1 heterocycles. The van der Waals surface area contributed by atoms with Gasteiger partial charge in [-0.25, -0.2) is 0 Å². The fourth-order valence-electron chi connectivity index (χ4n) is 2.46. The van der Waals surface area contributed by atoms with Gasteiger partial charge in [0.05, 0.1) is 0 Å². The summed E-state index contributed by atoms with van der Waals surface area (Å²) in [6.07, 6.45) is 0.918. The number of amides is 1. The average molecular weight is 263 g/mol. The molecule has 1 aliphatic heterocycles. The summed E-state index contributed by atoms with van der Waals surface area (Å²) < 4.78 is 5.73. The van der Waals surface area contributed by atoms with Gasteiger partial charge in [-0.05, 0) is 18.9 Å². The molecule has 2 rings (SSSR count). The summed E-state index contributed by atoms with van der Waals surface area (Å²) in [7, 11) is 0. The minimum absolute atomic E-state index is 0.0111. The number of hydrogen-bond donors (Lipinski definition) is 2. The molecule has 0 aliphatic carbocycles. The van der Waals surface area contributed by atoms with E-state index in [-0.39, 0.29) is 24.5 Å². The fraction of sp³-hybridized carbons (Fsp3) is 0.533. The Labute approximate surface area is 113 Å². The van der Waals surface area contributed by atoms with E-state index in [1.54, 1.807) is 0 Å². The number of carbonyl (C=O) groups excluding carboxylic acids is 1. The van der Waals surface area contributed by atoms with E-state index >= 15 is 0 Å². The maximum absolute atomic E-state index is 12.3. The second-order valence-corrected chi connectivity index (χ2v) is 4.99. The van der Waals surface area contributed by atoms with E-state index in [1.165, 1.54) is 0 Å². The van der Waals surface area contributed by atoms with Crippen molar-refractivity contribution < 1.29 is 14.6 Å². The average Bonchev–Trinajstić information content (AvgIpc) is 2.76. The van der Waals surface area contributed by atoms with Crippen LogP contribution in [-0.2, 0) is 4.79 Å².